The van der Waals surface area contributed by atoms with E-state index in [0.29, 0.717) is 29.0 Å². The number of nitrogens with one attached hydrogen (secondary N) is 1. The summed E-state index contributed by atoms with van der Waals surface area (Å²) in [5, 5.41) is 15.1. The maximum Gasteiger partial charge on any atom is 0.231 e. The van der Waals surface area contributed by atoms with Crippen molar-refractivity contribution in [1.29, 1.82) is 0 Å². The Hall–Kier alpha value is -1.33. The van der Waals surface area contributed by atoms with Crippen molar-refractivity contribution < 1.29 is 19.0 Å². The van der Waals surface area contributed by atoms with Crippen LogP contribution in [0, 0.1) is 17.2 Å². The predicted octanol–water partition coefficient (Wildman–Crippen LogP) is 2.32. The Morgan fingerprint density at radius 1 is 1.27 bits per heavy atom. The number of fused-ring (bicyclic) bond motifs is 3. The molecule has 3 aliphatic rings. The highest BCUT2D eigenvalue weighted by atomic mass is 19.1. The van der Waals surface area contributed by atoms with Gasteiger partial charge in [-0.15, -0.1) is 0 Å². The number of benzene rings is 1. The van der Waals surface area contributed by atoms with Gasteiger partial charge in [-0.3, -0.25) is 0 Å². The number of hydrogen-bond acceptors (Lipinski definition) is 4. The van der Waals surface area contributed by atoms with Crippen molar-refractivity contribution in [2.24, 2.45) is 11.3 Å². The van der Waals surface area contributed by atoms with E-state index in [1.807, 2.05) is 13.8 Å². The van der Waals surface area contributed by atoms with Crippen molar-refractivity contribution in [2.75, 3.05) is 19.9 Å². The molecular weight excluding hydrogens is 285 g/mol. The zero-order valence-electron chi connectivity index (χ0n) is 13.0. The minimum atomic E-state index is -1.08. The van der Waals surface area contributed by atoms with Crippen molar-refractivity contribution in [3.05, 3.63) is 23.0 Å². The van der Waals surface area contributed by atoms with Gasteiger partial charge in [0.25, 0.3) is 0 Å². The molecule has 120 valence electrons. The van der Waals surface area contributed by atoms with Crippen LogP contribution >= 0.6 is 0 Å². The van der Waals surface area contributed by atoms with Crippen molar-refractivity contribution in [3.63, 3.8) is 0 Å². The second-order valence-electron chi connectivity index (χ2n) is 7.30. The molecule has 2 heterocycles. The molecule has 2 N–H and O–H groups in total. The summed E-state index contributed by atoms with van der Waals surface area (Å²) in [7, 11) is 0. The van der Waals surface area contributed by atoms with Gasteiger partial charge in [-0.1, -0.05) is 13.8 Å². The monoisotopic (exact) mass is 307 g/mol. The quantitative estimate of drug-likeness (QED) is 0.836. The van der Waals surface area contributed by atoms with Gasteiger partial charge in [0.2, 0.25) is 6.79 Å². The average molecular weight is 307 g/mol. The highest BCUT2D eigenvalue weighted by Crippen LogP contribution is 2.61. The fourth-order valence-corrected chi connectivity index (χ4v) is 4.54. The molecule has 1 aromatic carbocycles. The van der Waals surface area contributed by atoms with Crippen LogP contribution < -0.4 is 14.8 Å². The summed E-state index contributed by atoms with van der Waals surface area (Å²) in [5.41, 5.74) is -0.281. The van der Waals surface area contributed by atoms with Crippen LogP contribution in [0.1, 0.15) is 37.8 Å². The Morgan fingerprint density at radius 2 is 2.00 bits per heavy atom. The van der Waals surface area contributed by atoms with Crippen LogP contribution in [-0.4, -0.2) is 25.0 Å². The van der Waals surface area contributed by atoms with E-state index in [0.717, 1.165) is 25.9 Å². The fraction of sp³-hybridized carbons (Fsp3) is 0.647. The SMILES string of the molecule is CC1(C)Cc2c(F)cc3c(c2C1(O)C1CCNCC1)OCO3. The average Bonchev–Trinajstić information content (AvgIpc) is 3.02. The first-order valence-corrected chi connectivity index (χ1v) is 7.99. The van der Waals surface area contributed by atoms with E-state index in [1.54, 1.807) is 0 Å². The van der Waals surface area contributed by atoms with Crippen LogP contribution in [0.5, 0.6) is 11.5 Å². The topological polar surface area (TPSA) is 50.7 Å². The van der Waals surface area contributed by atoms with Crippen LogP contribution in [-0.2, 0) is 12.0 Å². The third-order valence-electron chi connectivity index (χ3n) is 5.68. The van der Waals surface area contributed by atoms with E-state index in [1.165, 1.54) is 6.07 Å². The number of piperidine rings is 1. The van der Waals surface area contributed by atoms with Crippen molar-refractivity contribution >= 4 is 0 Å². The first-order chi connectivity index (χ1) is 10.4. The van der Waals surface area contributed by atoms with Crippen LogP contribution in [0.15, 0.2) is 6.07 Å². The Labute approximate surface area is 129 Å². The molecule has 1 aliphatic carbocycles. The first-order valence-electron chi connectivity index (χ1n) is 7.99. The molecule has 0 aromatic heterocycles. The molecule has 0 amide bonds. The zero-order valence-corrected chi connectivity index (χ0v) is 13.0. The lowest BCUT2D eigenvalue weighted by molar-refractivity contribution is -0.116. The molecule has 1 aromatic rings. The summed E-state index contributed by atoms with van der Waals surface area (Å²) in [6.07, 6.45) is 2.28. The van der Waals surface area contributed by atoms with Gasteiger partial charge in [-0.05, 0) is 43.8 Å². The molecule has 0 saturated carbocycles. The summed E-state index contributed by atoms with van der Waals surface area (Å²) in [6, 6.07) is 1.39. The third-order valence-corrected chi connectivity index (χ3v) is 5.68. The van der Waals surface area contributed by atoms with Gasteiger partial charge in [0, 0.05) is 17.0 Å². The Morgan fingerprint density at radius 3 is 2.73 bits per heavy atom. The predicted molar refractivity (Wildman–Crippen MR) is 79.5 cm³/mol. The van der Waals surface area contributed by atoms with Gasteiger partial charge in [-0.25, -0.2) is 4.39 Å². The number of aliphatic hydroxyl groups is 1. The smallest absolute Gasteiger partial charge is 0.231 e. The maximum absolute atomic E-state index is 14.5. The minimum absolute atomic E-state index is 0.0912. The lowest BCUT2D eigenvalue weighted by Gasteiger charge is -2.45. The van der Waals surface area contributed by atoms with Gasteiger partial charge in [0.15, 0.2) is 11.5 Å². The van der Waals surface area contributed by atoms with Crippen LogP contribution in [0.4, 0.5) is 4.39 Å². The van der Waals surface area contributed by atoms with Crippen LogP contribution in [0.2, 0.25) is 0 Å². The van der Waals surface area contributed by atoms with Crippen LogP contribution in [0.3, 0.4) is 0 Å². The molecule has 5 heteroatoms. The van der Waals surface area contributed by atoms with Gasteiger partial charge in [0.1, 0.15) is 11.4 Å². The standard InChI is InChI=1S/C17H22FNO3/c1-16(2)8-11-12(18)7-13-15(22-9-21-13)14(11)17(16,20)10-3-5-19-6-4-10/h7,10,19-20H,3-6,8-9H2,1-2H3. The van der Waals surface area contributed by atoms with E-state index in [2.05, 4.69) is 5.32 Å². The van der Waals surface area contributed by atoms with Gasteiger partial charge < -0.3 is 19.9 Å². The lowest BCUT2D eigenvalue weighted by Crippen LogP contribution is -2.48. The summed E-state index contributed by atoms with van der Waals surface area (Å²) in [5.74, 6) is 0.765. The number of rotatable bonds is 1. The molecule has 1 saturated heterocycles. The van der Waals surface area contributed by atoms with E-state index >= 15 is 0 Å². The summed E-state index contributed by atoms with van der Waals surface area (Å²) >= 11 is 0. The van der Waals surface area contributed by atoms with E-state index in [-0.39, 0.29) is 18.5 Å². The van der Waals surface area contributed by atoms with Crippen molar-refractivity contribution in [2.45, 2.75) is 38.7 Å². The van der Waals surface area contributed by atoms with Crippen molar-refractivity contribution in [1.82, 2.24) is 5.32 Å². The lowest BCUT2D eigenvalue weighted by atomic mass is 9.65. The van der Waals surface area contributed by atoms with Gasteiger partial charge >= 0.3 is 0 Å². The molecule has 0 bridgehead atoms. The molecular formula is C17H22FNO3. The highest BCUT2D eigenvalue weighted by molar-refractivity contribution is 5.59. The Kier molecular flexibility index (Phi) is 2.97. The van der Waals surface area contributed by atoms with Crippen molar-refractivity contribution in [3.8, 4) is 11.5 Å². The number of hydrogen-bond donors (Lipinski definition) is 2. The molecule has 0 radical (unpaired) electrons. The van der Waals surface area contributed by atoms with Crippen LogP contribution in [0.25, 0.3) is 0 Å². The summed E-state index contributed by atoms with van der Waals surface area (Å²) in [4.78, 5) is 0. The molecule has 0 spiro atoms. The van der Waals surface area contributed by atoms with E-state index in [4.69, 9.17) is 9.47 Å². The summed E-state index contributed by atoms with van der Waals surface area (Å²) in [6.45, 7) is 5.90. The second-order valence-corrected chi connectivity index (χ2v) is 7.30. The molecule has 2 aliphatic heterocycles. The molecule has 4 nitrogen and oxygen atoms in total. The van der Waals surface area contributed by atoms with E-state index < -0.39 is 11.0 Å². The molecule has 1 unspecified atom stereocenters. The molecule has 1 fully saturated rings. The second kappa shape index (κ2) is 4.59. The Balaban J connectivity index is 1.93. The van der Waals surface area contributed by atoms with Gasteiger partial charge in [0.05, 0.1) is 0 Å². The maximum atomic E-state index is 14.5. The third kappa shape index (κ3) is 1.69. The highest BCUT2D eigenvalue weighted by Gasteiger charge is 2.58. The Bertz CT molecular complexity index is 625. The molecule has 1 atom stereocenters. The zero-order chi connectivity index (χ0) is 15.5. The number of ether oxygens (including phenoxy) is 2. The largest absolute Gasteiger partial charge is 0.453 e. The normalized spacial score (nSPS) is 29.6. The summed E-state index contributed by atoms with van der Waals surface area (Å²) < 4.78 is 25.5. The number of halogens is 1. The minimum Gasteiger partial charge on any atom is -0.453 e. The molecule has 4 rings (SSSR count). The van der Waals surface area contributed by atoms with Gasteiger partial charge in [-0.2, -0.15) is 0 Å². The molecule has 22 heavy (non-hydrogen) atoms. The van der Waals surface area contributed by atoms with E-state index in [9.17, 15) is 9.50 Å². The fourth-order valence-electron chi connectivity index (χ4n) is 4.54. The first kappa shape index (κ1) is 14.3.